The second-order valence-electron chi connectivity index (χ2n) is 14.6. The summed E-state index contributed by atoms with van der Waals surface area (Å²) in [5.41, 5.74) is 13.8. The first-order valence-corrected chi connectivity index (χ1v) is 18.9. The molecule has 0 radical (unpaired) electrons. The summed E-state index contributed by atoms with van der Waals surface area (Å²) in [7, 11) is 0. The summed E-state index contributed by atoms with van der Waals surface area (Å²) < 4.78 is 0. The Morgan fingerprint density at radius 1 is 0.788 bits per heavy atom. The predicted octanol–water partition coefficient (Wildman–Crippen LogP) is 3.70. The minimum Gasteiger partial charge on any atom is -0.346 e. The number of nitrogens with zero attached hydrogens (tertiary/aromatic N) is 1. The van der Waals surface area contributed by atoms with Crippen molar-refractivity contribution in [2.24, 2.45) is 29.2 Å². The number of carbonyl (C=O) groups excluding carboxylic acids is 6. The number of hydrogen-bond acceptors (Lipinski definition) is 8. The van der Waals surface area contributed by atoms with Crippen molar-refractivity contribution in [2.45, 2.75) is 110 Å². The van der Waals surface area contributed by atoms with Crippen molar-refractivity contribution in [2.75, 3.05) is 19.6 Å². The van der Waals surface area contributed by atoms with Crippen molar-refractivity contribution < 1.29 is 28.8 Å². The fourth-order valence-electron chi connectivity index (χ4n) is 6.76. The van der Waals surface area contributed by atoms with Crippen molar-refractivity contribution in [1.29, 1.82) is 0 Å². The van der Waals surface area contributed by atoms with Crippen LogP contribution in [0.2, 0.25) is 0 Å². The van der Waals surface area contributed by atoms with Gasteiger partial charge in [-0.2, -0.15) is 0 Å². The Morgan fingerprint density at radius 2 is 1.37 bits per heavy atom. The van der Waals surface area contributed by atoms with Crippen LogP contribution in [0.5, 0.6) is 0 Å². The number of amides is 3. The lowest BCUT2D eigenvalue weighted by Crippen LogP contribution is -2.51. The van der Waals surface area contributed by atoms with Gasteiger partial charge in [0.05, 0.1) is 18.1 Å². The second-order valence-corrected chi connectivity index (χ2v) is 14.6. The number of likely N-dealkylation sites (tertiary alicyclic amines) is 1. The highest BCUT2D eigenvalue weighted by Crippen LogP contribution is 2.24. The van der Waals surface area contributed by atoms with E-state index in [0.29, 0.717) is 64.6 Å². The molecule has 0 unspecified atom stereocenters. The first-order chi connectivity index (χ1) is 24.9. The highest BCUT2D eigenvalue weighted by Gasteiger charge is 2.33. The average molecular weight is 718 g/mol. The number of Topliss-reactive ketones (excluding diaryl/α,β-unsaturated/α-hetero) is 3. The van der Waals surface area contributed by atoms with Gasteiger partial charge in [-0.3, -0.25) is 28.8 Å². The summed E-state index contributed by atoms with van der Waals surface area (Å²) in [5.74, 6) is -2.64. The number of rotatable bonds is 22. The number of hydrogen-bond donors (Lipinski definition) is 4. The van der Waals surface area contributed by atoms with Gasteiger partial charge in [0.15, 0.2) is 11.6 Å². The lowest BCUT2D eigenvalue weighted by molar-refractivity contribution is -0.145. The van der Waals surface area contributed by atoms with Gasteiger partial charge in [0.1, 0.15) is 0 Å². The molecule has 284 valence electrons. The molecule has 11 nitrogen and oxygen atoms in total. The van der Waals surface area contributed by atoms with Gasteiger partial charge in [0.25, 0.3) is 5.91 Å². The van der Waals surface area contributed by atoms with Gasteiger partial charge in [-0.15, -0.1) is 0 Å². The smallest absolute Gasteiger partial charge is 0.289 e. The number of nitrogens with one attached hydrogen (secondary N) is 2. The fraction of sp³-hybridized carbons (Fsp3) is 0.561. The van der Waals surface area contributed by atoms with Crippen LogP contribution in [0.4, 0.5) is 0 Å². The van der Waals surface area contributed by atoms with E-state index in [1.807, 2.05) is 74.5 Å². The van der Waals surface area contributed by atoms with Crippen LogP contribution in [-0.2, 0) is 41.6 Å². The zero-order chi connectivity index (χ0) is 38.0. The third-order valence-corrected chi connectivity index (χ3v) is 9.80. The molecule has 1 fully saturated rings. The molecule has 4 atom stereocenters. The Kier molecular flexibility index (Phi) is 17.8. The monoisotopic (exact) mass is 717 g/mol. The van der Waals surface area contributed by atoms with Gasteiger partial charge >= 0.3 is 0 Å². The standard InChI is InChI=1S/C41H59N5O6/c1-4-36(47)41(52)46-21-18-31(19-22-46)26-37(48)34(17-11-12-20-42)44-39(50)32(23-28(2)3)27-38(49)35(25-30-15-9-6-10-16-30)45-40(51)33(43)24-29-13-7-5-8-14-29/h5-10,13-16,28,31-35H,4,11-12,17-27,42-43H2,1-3H3,(H,44,50)(H,45,51)/t32-,33+,34+,35+/m0/s1. The summed E-state index contributed by atoms with van der Waals surface area (Å²) in [6.07, 6.45) is 4.27. The molecule has 1 saturated heterocycles. The van der Waals surface area contributed by atoms with E-state index in [1.54, 1.807) is 11.8 Å². The molecule has 1 heterocycles. The lowest BCUT2D eigenvalue weighted by atomic mass is 9.86. The average Bonchev–Trinajstić information content (AvgIpc) is 3.14. The molecule has 0 aromatic heterocycles. The van der Waals surface area contributed by atoms with Crippen LogP contribution in [0.25, 0.3) is 0 Å². The van der Waals surface area contributed by atoms with Crippen molar-refractivity contribution >= 4 is 35.1 Å². The van der Waals surface area contributed by atoms with Crippen LogP contribution in [0.3, 0.4) is 0 Å². The summed E-state index contributed by atoms with van der Waals surface area (Å²) in [6, 6.07) is 16.3. The molecule has 1 aliphatic rings. The van der Waals surface area contributed by atoms with E-state index in [2.05, 4.69) is 10.6 Å². The van der Waals surface area contributed by atoms with Gasteiger partial charge in [0, 0.05) is 38.3 Å². The summed E-state index contributed by atoms with van der Waals surface area (Å²) in [5, 5.41) is 5.89. The summed E-state index contributed by atoms with van der Waals surface area (Å²) in [6.45, 7) is 6.92. The third-order valence-electron chi connectivity index (χ3n) is 9.80. The van der Waals surface area contributed by atoms with Crippen LogP contribution in [-0.4, -0.2) is 77.7 Å². The topological polar surface area (TPSA) is 182 Å². The van der Waals surface area contributed by atoms with Crippen molar-refractivity contribution in [1.82, 2.24) is 15.5 Å². The Bertz CT molecular complexity index is 1460. The molecular formula is C41H59N5O6. The number of carbonyl (C=O) groups is 6. The molecule has 0 bridgehead atoms. The fourth-order valence-corrected chi connectivity index (χ4v) is 6.76. The largest absolute Gasteiger partial charge is 0.346 e. The maximum absolute atomic E-state index is 14.0. The van der Waals surface area contributed by atoms with Gasteiger partial charge in [0.2, 0.25) is 17.6 Å². The molecule has 2 aromatic rings. The second kappa shape index (κ2) is 22.0. The summed E-state index contributed by atoms with van der Waals surface area (Å²) >= 11 is 0. The molecule has 2 aromatic carbocycles. The van der Waals surface area contributed by atoms with Crippen LogP contribution in [0, 0.1) is 17.8 Å². The SMILES string of the molecule is CCC(=O)C(=O)N1CCC(CC(=O)[C@@H](CCCCN)NC(=O)[C@H](CC(=O)[C@@H](Cc2ccccc2)NC(=O)[C@H](N)Cc2ccccc2)CC(C)C)CC1. The molecule has 3 amide bonds. The van der Waals surface area contributed by atoms with Gasteiger partial charge < -0.3 is 27.0 Å². The van der Waals surface area contributed by atoms with Gasteiger partial charge in [-0.25, -0.2) is 0 Å². The maximum Gasteiger partial charge on any atom is 0.289 e. The van der Waals surface area contributed by atoms with E-state index in [9.17, 15) is 28.8 Å². The highest BCUT2D eigenvalue weighted by molar-refractivity contribution is 6.35. The van der Waals surface area contributed by atoms with Crippen LogP contribution in [0.1, 0.15) is 89.7 Å². The first-order valence-electron chi connectivity index (χ1n) is 18.9. The predicted molar refractivity (Wildman–Crippen MR) is 202 cm³/mol. The van der Waals surface area contributed by atoms with Crippen molar-refractivity contribution in [3.8, 4) is 0 Å². The molecule has 1 aliphatic heterocycles. The maximum atomic E-state index is 14.0. The molecule has 11 heteroatoms. The van der Waals surface area contributed by atoms with Crippen LogP contribution < -0.4 is 22.1 Å². The molecule has 0 aliphatic carbocycles. The first kappa shape index (κ1) is 42.2. The lowest BCUT2D eigenvalue weighted by Gasteiger charge is -2.32. The molecule has 52 heavy (non-hydrogen) atoms. The van der Waals surface area contributed by atoms with Crippen molar-refractivity contribution in [3.63, 3.8) is 0 Å². The van der Waals surface area contributed by atoms with Crippen molar-refractivity contribution in [3.05, 3.63) is 71.8 Å². The summed E-state index contributed by atoms with van der Waals surface area (Å²) in [4.78, 5) is 80.8. The zero-order valence-corrected chi connectivity index (χ0v) is 31.2. The Hall–Kier alpha value is -4.22. The van der Waals surface area contributed by atoms with Crippen LogP contribution >= 0.6 is 0 Å². The zero-order valence-electron chi connectivity index (χ0n) is 31.2. The Balaban J connectivity index is 1.72. The van der Waals surface area contributed by atoms with Crippen LogP contribution in [0.15, 0.2) is 60.7 Å². The minimum absolute atomic E-state index is 0.0332. The quantitative estimate of drug-likeness (QED) is 0.105. The Labute approximate surface area is 309 Å². The molecule has 0 spiro atoms. The van der Waals surface area contributed by atoms with E-state index in [-0.39, 0.29) is 55.0 Å². The minimum atomic E-state index is -0.897. The third kappa shape index (κ3) is 14.1. The number of ketones is 3. The normalized spacial score (nSPS) is 15.7. The van der Waals surface area contributed by atoms with E-state index in [1.165, 1.54) is 0 Å². The van der Waals surface area contributed by atoms with Gasteiger partial charge in [-0.1, -0.05) is 81.4 Å². The molecule has 0 saturated carbocycles. The van der Waals surface area contributed by atoms with E-state index < -0.39 is 41.6 Å². The Morgan fingerprint density at radius 3 is 1.92 bits per heavy atom. The van der Waals surface area contributed by atoms with E-state index >= 15 is 0 Å². The number of benzene rings is 2. The van der Waals surface area contributed by atoms with Gasteiger partial charge in [-0.05, 0) is 80.9 Å². The van der Waals surface area contributed by atoms with E-state index in [4.69, 9.17) is 11.5 Å². The van der Waals surface area contributed by atoms with E-state index in [0.717, 1.165) is 11.1 Å². The molecular weight excluding hydrogens is 658 g/mol. The molecule has 6 N–H and O–H groups in total. The molecule has 3 rings (SSSR count). The number of nitrogens with two attached hydrogens (primary N) is 2. The highest BCUT2D eigenvalue weighted by atomic mass is 16.2. The number of piperidine rings is 1. The number of unbranched alkanes of at least 4 members (excludes halogenated alkanes) is 1.